The standard InChI is InChI=1S/C24H23FN4O3/c1-15-12-28(14-27-15)21-9-4-17(11-22(21)31-3)10-19-13-32-24(30)29(23(19)26)16(2)18-5-7-20(25)8-6-18/h4-12,14,16,26H,13H2,1-3H3. The van der Waals surface area contributed by atoms with Crippen LogP contribution in [0.1, 0.15) is 29.8 Å². The minimum Gasteiger partial charge on any atom is -0.495 e. The van der Waals surface area contributed by atoms with Gasteiger partial charge in [0, 0.05) is 11.8 Å². The van der Waals surface area contributed by atoms with Gasteiger partial charge in [-0.1, -0.05) is 18.2 Å². The number of halogens is 1. The second-order valence-corrected chi connectivity index (χ2v) is 7.52. The third-order valence-electron chi connectivity index (χ3n) is 5.37. The molecule has 8 heteroatoms. The molecule has 0 radical (unpaired) electrons. The Morgan fingerprint density at radius 3 is 2.66 bits per heavy atom. The number of ether oxygens (including phenoxy) is 2. The Labute approximate surface area is 185 Å². The van der Waals surface area contributed by atoms with E-state index in [2.05, 4.69) is 4.98 Å². The first-order valence-corrected chi connectivity index (χ1v) is 10.1. The van der Waals surface area contributed by atoms with Crippen molar-refractivity contribution < 1.29 is 18.7 Å². The van der Waals surface area contributed by atoms with E-state index in [9.17, 15) is 9.18 Å². The molecule has 7 nitrogen and oxygen atoms in total. The van der Waals surface area contributed by atoms with Gasteiger partial charge in [-0.05, 0) is 55.3 Å². The third-order valence-corrected chi connectivity index (χ3v) is 5.37. The number of carbonyl (C=O) groups excluding carboxylic acids is 1. The molecule has 164 valence electrons. The van der Waals surface area contributed by atoms with Gasteiger partial charge in [-0.3, -0.25) is 10.3 Å². The number of imidazole rings is 1. The van der Waals surface area contributed by atoms with E-state index in [-0.39, 0.29) is 18.3 Å². The molecule has 1 aliphatic rings. The number of rotatable bonds is 5. The first kappa shape index (κ1) is 21.3. The largest absolute Gasteiger partial charge is 0.495 e. The van der Waals surface area contributed by atoms with Crippen LogP contribution >= 0.6 is 0 Å². The Bertz CT molecular complexity index is 1200. The van der Waals surface area contributed by atoms with E-state index in [0.717, 1.165) is 16.9 Å². The molecule has 1 fully saturated rings. The van der Waals surface area contributed by atoms with Crippen molar-refractivity contribution in [3.05, 3.63) is 83.2 Å². The number of hydrogen-bond acceptors (Lipinski definition) is 5. The predicted molar refractivity (Wildman–Crippen MR) is 119 cm³/mol. The Kier molecular flexibility index (Phi) is 5.77. The number of benzene rings is 2. The number of nitrogens with one attached hydrogen (secondary N) is 1. The summed E-state index contributed by atoms with van der Waals surface area (Å²) in [6.07, 6.45) is 4.81. The molecule has 2 aromatic carbocycles. The highest BCUT2D eigenvalue weighted by molar-refractivity contribution is 6.09. The van der Waals surface area contributed by atoms with E-state index in [0.29, 0.717) is 16.9 Å². The molecular weight excluding hydrogens is 411 g/mol. The molecule has 0 bridgehead atoms. The fraction of sp³-hybridized carbons (Fsp3) is 0.208. The van der Waals surface area contributed by atoms with Crippen molar-refractivity contribution in [2.24, 2.45) is 0 Å². The molecule has 1 aliphatic heterocycles. The van der Waals surface area contributed by atoms with E-state index < -0.39 is 12.1 Å². The first-order valence-electron chi connectivity index (χ1n) is 10.1. The zero-order valence-electron chi connectivity index (χ0n) is 18.0. The molecule has 0 spiro atoms. The summed E-state index contributed by atoms with van der Waals surface area (Å²) in [6, 6.07) is 11.0. The molecule has 1 atom stereocenters. The number of aryl methyl sites for hydroxylation is 1. The van der Waals surface area contributed by atoms with Gasteiger partial charge in [0.2, 0.25) is 0 Å². The number of carbonyl (C=O) groups is 1. The van der Waals surface area contributed by atoms with Gasteiger partial charge in [-0.2, -0.15) is 0 Å². The quantitative estimate of drug-likeness (QED) is 0.619. The van der Waals surface area contributed by atoms with Gasteiger partial charge in [-0.15, -0.1) is 0 Å². The Morgan fingerprint density at radius 1 is 1.25 bits per heavy atom. The summed E-state index contributed by atoms with van der Waals surface area (Å²) in [5.41, 5.74) is 3.79. The summed E-state index contributed by atoms with van der Waals surface area (Å²) in [4.78, 5) is 17.9. The second kappa shape index (κ2) is 8.66. The SMILES string of the molecule is COc1cc(C=C2COC(=O)N(C(C)c3ccc(F)cc3)C2=N)ccc1-n1cnc(C)c1. The highest BCUT2D eigenvalue weighted by Crippen LogP contribution is 2.29. The smallest absolute Gasteiger partial charge is 0.416 e. The van der Waals surface area contributed by atoms with Gasteiger partial charge < -0.3 is 14.0 Å². The number of hydrogen-bond donors (Lipinski definition) is 1. The van der Waals surface area contributed by atoms with E-state index in [1.54, 1.807) is 38.6 Å². The van der Waals surface area contributed by atoms with Crippen LogP contribution in [0.3, 0.4) is 0 Å². The highest BCUT2D eigenvalue weighted by atomic mass is 19.1. The predicted octanol–water partition coefficient (Wildman–Crippen LogP) is 4.90. The van der Waals surface area contributed by atoms with Crippen LogP contribution in [0.4, 0.5) is 9.18 Å². The lowest BCUT2D eigenvalue weighted by molar-refractivity contribution is 0.114. The minimum atomic E-state index is -0.604. The van der Waals surface area contributed by atoms with Gasteiger partial charge in [0.15, 0.2) is 0 Å². The third kappa shape index (κ3) is 4.12. The highest BCUT2D eigenvalue weighted by Gasteiger charge is 2.33. The molecule has 2 heterocycles. The minimum absolute atomic E-state index is 0.00487. The first-order chi connectivity index (χ1) is 15.4. The lowest BCUT2D eigenvalue weighted by Gasteiger charge is -2.33. The second-order valence-electron chi connectivity index (χ2n) is 7.52. The Morgan fingerprint density at radius 2 is 2.00 bits per heavy atom. The van der Waals surface area contributed by atoms with Crippen LogP contribution in [0.15, 0.2) is 60.6 Å². The van der Waals surface area contributed by atoms with Crippen molar-refractivity contribution >= 4 is 18.0 Å². The fourth-order valence-corrected chi connectivity index (χ4v) is 3.63. The molecule has 0 aliphatic carbocycles. The summed E-state index contributed by atoms with van der Waals surface area (Å²) < 4.78 is 26.0. The average molecular weight is 434 g/mol. The van der Waals surface area contributed by atoms with Crippen LogP contribution in [-0.2, 0) is 4.74 Å². The molecule has 4 rings (SSSR count). The topological polar surface area (TPSA) is 80.4 Å². The van der Waals surface area contributed by atoms with E-state index in [1.807, 2.05) is 35.9 Å². The molecule has 0 saturated carbocycles. The van der Waals surface area contributed by atoms with Crippen LogP contribution in [0.2, 0.25) is 0 Å². The van der Waals surface area contributed by atoms with Crippen molar-refractivity contribution in [2.75, 3.05) is 13.7 Å². The van der Waals surface area contributed by atoms with Crippen LogP contribution in [0.5, 0.6) is 5.75 Å². The van der Waals surface area contributed by atoms with Crippen molar-refractivity contribution in [3.63, 3.8) is 0 Å². The van der Waals surface area contributed by atoms with Gasteiger partial charge in [0.1, 0.15) is 24.0 Å². The maximum Gasteiger partial charge on any atom is 0.416 e. The van der Waals surface area contributed by atoms with Crippen molar-refractivity contribution in [1.82, 2.24) is 14.5 Å². The number of nitrogens with zero attached hydrogens (tertiary/aromatic N) is 3. The molecule has 32 heavy (non-hydrogen) atoms. The maximum absolute atomic E-state index is 13.3. The number of amides is 1. The number of amidine groups is 1. The lowest BCUT2D eigenvalue weighted by Crippen LogP contribution is -2.44. The van der Waals surface area contributed by atoms with Gasteiger partial charge in [-0.25, -0.2) is 14.2 Å². The lowest BCUT2D eigenvalue weighted by atomic mass is 10.0. The molecule has 3 aromatic rings. The van der Waals surface area contributed by atoms with Gasteiger partial charge in [0.25, 0.3) is 0 Å². The summed E-state index contributed by atoms with van der Waals surface area (Å²) in [5.74, 6) is 0.333. The average Bonchev–Trinajstić information content (AvgIpc) is 3.22. The van der Waals surface area contributed by atoms with Crippen LogP contribution in [0, 0.1) is 18.2 Å². The Hall–Kier alpha value is -3.94. The molecule has 1 saturated heterocycles. The van der Waals surface area contributed by atoms with Crippen LogP contribution < -0.4 is 4.74 Å². The summed E-state index contributed by atoms with van der Waals surface area (Å²) in [5, 5.41) is 8.62. The van der Waals surface area contributed by atoms with E-state index in [4.69, 9.17) is 14.9 Å². The van der Waals surface area contributed by atoms with Gasteiger partial charge >= 0.3 is 6.09 Å². The van der Waals surface area contributed by atoms with Crippen molar-refractivity contribution in [1.29, 1.82) is 5.41 Å². The van der Waals surface area contributed by atoms with Crippen LogP contribution in [-0.4, -0.2) is 40.1 Å². The monoisotopic (exact) mass is 434 g/mol. The number of aromatic nitrogens is 2. The molecule has 1 amide bonds. The number of methoxy groups -OCH3 is 1. The van der Waals surface area contributed by atoms with Crippen LogP contribution in [0.25, 0.3) is 11.8 Å². The Balaban J connectivity index is 1.63. The molecular formula is C24H23FN4O3. The molecule has 1 N–H and O–H groups in total. The van der Waals surface area contributed by atoms with E-state index in [1.165, 1.54) is 17.0 Å². The maximum atomic E-state index is 13.3. The zero-order chi connectivity index (χ0) is 22.8. The molecule has 1 aromatic heterocycles. The van der Waals surface area contributed by atoms with Crippen molar-refractivity contribution in [3.8, 4) is 11.4 Å². The normalized spacial score (nSPS) is 16.2. The fourth-order valence-electron chi connectivity index (χ4n) is 3.63. The summed E-state index contributed by atoms with van der Waals surface area (Å²) >= 11 is 0. The van der Waals surface area contributed by atoms with Gasteiger partial charge in [0.05, 0.1) is 30.9 Å². The summed E-state index contributed by atoms with van der Waals surface area (Å²) in [7, 11) is 1.59. The number of cyclic esters (lactones) is 1. The van der Waals surface area contributed by atoms with Crippen molar-refractivity contribution in [2.45, 2.75) is 19.9 Å². The molecule has 1 unspecified atom stereocenters. The van der Waals surface area contributed by atoms with E-state index >= 15 is 0 Å². The summed E-state index contributed by atoms with van der Waals surface area (Å²) in [6.45, 7) is 3.68. The zero-order valence-corrected chi connectivity index (χ0v) is 18.0.